The van der Waals surface area contributed by atoms with E-state index in [-0.39, 0.29) is 42.6 Å². The van der Waals surface area contributed by atoms with Crippen LogP contribution in [0.3, 0.4) is 0 Å². The number of hydrogen-bond acceptors (Lipinski definition) is 5. The molecule has 1 unspecified atom stereocenters. The summed E-state index contributed by atoms with van der Waals surface area (Å²) in [6.07, 6.45) is 0.0470. The van der Waals surface area contributed by atoms with Gasteiger partial charge in [0.15, 0.2) is 0 Å². The van der Waals surface area contributed by atoms with Crippen LogP contribution in [0.15, 0.2) is 0 Å². The molecule has 0 aliphatic heterocycles. The number of ether oxygens (including phenoxy) is 1. The van der Waals surface area contributed by atoms with E-state index in [2.05, 4.69) is 4.74 Å². The third kappa shape index (κ3) is 8.70. The van der Waals surface area contributed by atoms with E-state index in [0.29, 0.717) is 0 Å². The van der Waals surface area contributed by atoms with Crippen LogP contribution in [0.5, 0.6) is 0 Å². The summed E-state index contributed by atoms with van der Waals surface area (Å²) in [7, 11) is -4.24. The quantitative estimate of drug-likeness (QED) is 0.283. The van der Waals surface area contributed by atoms with Crippen LogP contribution < -0.4 is 29.6 Å². The number of rotatable bonds is 4. The molecule has 0 aliphatic rings. The molecule has 0 heterocycles. The Labute approximate surface area is 99.9 Å². The van der Waals surface area contributed by atoms with E-state index in [1.165, 1.54) is 13.8 Å². The molecule has 0 aliphatic carbocycles. The Morgan fingerprint density at radius 1 is 1.54 bits per heavy atom. The molecule has 1 atom stereocenters. The summed E-state index contributed by atoms with van der Waals surface area (Å²) < 4.78 is 35.4. The van der Waals surface area contributed by atoms with Crippen LogP contribution in [-0.4, -0.2) is 30.8 Å². The molecule has 72 valence electrons. The first-order chi connectivity index (χ1) is 5.34. The minimum Gasteiger partial charge on any atom is -0.748 e. The fourth-order valence-electron chi connectivity index (χ4n) is 0.513. The SMILES string of the molecule is CC(=O)OCCC(C)S(=O)(=O)[O-].[Na+]. The van der Waals surface area contributed by atoms with Crippen LogP contribution in [0.4, 0.5) is 0 Å². The molecule has 0 N–H and O–H groups in total. The second kappa shape index (κ2) is 6.78. The van der Waals surface area contributed by atoms with Crippen molar-refractivity contribution in [3.63, 3.8) is 0 Å². The standard InChI is InChI=1S/C6H12O5S.Na/c1-5(12(8,9)10)3-4-11-6(2)7;/h5H,3-4H2,1-2H3,(H,8,9,10);/q;+1/p-1. The molecular weight excluding hydrogens is 207 g/mol. The van der Waals surface area contributed by atoms with Gasteiger partial charge in [0.05, 0.1) is 16.7 Å². The second-order valence-electron chi connectivity index (χ2n) is 2.43. The molecule has 0 aromatic heterocycles. The topological polar surface area (TPSA) is 83.5 Å². The zero-order valence-corrected chi connectivity index (χ0v) is 10.8. The van der Waals surface area contributed by atoms with Gasteiger partial charge in [-0.15, -0.1) is 0 Å². The fourth-order valence-corrected chi connectivity index (χ4v) is 0.898. The molecule has 0 rings (SSSR count). The average Bonchev–Trinajstić information content (AvgIpc) is 1.84. The van der Waals surface area contributed by atoms with E-state index in [4.69, 9.17) is 0 Å². The van der Waals surface area contributed by atoms with Crippen LogP contribution in [0, 0.1) is 0 Å². The van der Waals surface area contributed by atoms with Crippen molar-refractivity contribution in [3.8, 4) is 0 Å². The molecule has 0 saturated carbocycles. The van der Waals surface area contributed by atoms with Crippen molar-refractivity contribution >= 4 is 16.1 Å². The fraction of sp³-hybridized carbons (Fsp3) is 0.833. The maximum Gasteiger partial charge on any atom is 1.00 e. The summed E-state index contributed by atoms with van der Waals surface area (Å²) in [5.41, 5.74) is 0. The number of hydrogen-bond donors (Lipinski definition) is 0. The molecule has 0 spiro atoms. The Morgan fingerprint density at radius 2 is 2.00 bits per heavy atom. The largest absolute Gasteiger partial charge is 1.00 e. The zero-order valence-electron chi connectivity index (χ0n) is 7.94. The van der Waals surface area contributed by atoms with Crippen LogP contribution >= 0.6 is 0 Å². The maximum absolute atomic E-state index is 10.3. The first kappa shape index (κ1) is 15.8. The van der Waals surface area contributed by atoms with Crippen molar-refractivity contribution in [2.75, 3.05) is 6.61 Å². The number of carbonyl (C=O) groups excluding carboxylic acids is 1. The van der Waals surface area contributed by atoms with Crippen LogP contribution in [-0.2, 0) is 19.6 Å². The predicted octanol–water partition coefficient (Wildman–Crippen LogP) is -3.12. The van der Waals surface area contributed by atoms with Gasteiger partial charge in [-0.2, -0.15) is 0 Å². The van der Waals surface area contributed by atoms with Crippen molar-refractivity contribution in [2.24, 2.45) is 0 Å². The van der Waals surface area contributed by atoms with Gasteiger partial charge in [-0.3, -0.25) is 4.79 Å². The molecule has 0 saturated heterocycles. The Bertz CT molecular complexity index is 248. The van der Waals surface area contributed by atoms with Crippen molar-refractivity contribution < 1.29 is 52.1 Å². The van der Waals surface area contributed by atoms with Crippen molar-refractivity contribution in [1.29, 1.82) is 0 Å². The molecule has 7 heteroatoms. The molecule has 0 bridgehead atoms. The van der Waals surface area contributed by atoms with Gasteiger partial charge in [0.25, 0.3) is 0 Å². The molecular formula is C6H11NaO5S. The third-order valence-electron chi connectivity index (χ3n) is 1.32. The molecule has 0 aromatic carbocycles. The summed E-state index contributed by atoms with van der Waals surface area (Å²) in [6.45, 7) is 2.47. The van der Waals surface area contributed by atoms with Crippen LogP contribution in [0.25, 0.3) is 0 Å². The smallest absolute Gasteiger partial charge is 0.748 e. The van der Waals surface area contributed by atoms with Gasteiger partial charge in [-0.1, -0.05) is 0 Å². The van der Waals surface area contributed by atoms with E-state index in [1.54, 1.807) is 0 Å². The van der Waals surface area contributed by atoms with Gasteiger partial charge in [0.1, 0.15) is 0 Å². The van der Waals surface area contributed by atoms with Crippen molar-refractivity contribution in [2.45, 2.75) is 25.5 Å². The molecule has 0 radical (unpaired) electrons. The van der Waals surface area contributed by atoms with Crippen LogP contribution in [0.1, 0.15) is 20.3 Å². The summed E-state index contributed by atoms with van der Waals surface area (Å²) in [5, 5.41) is -1.00. The predicted molar refractivity (Wildman–Crippen MR) is 40.4 cm³/mol. The maximum atomic E-state index is 10.3. The monoisotopic (exact) mass is 218 g/mol. The zero-order chi connectivity index (χ0) is 9.78. The molecule has 13 heavy (non-hydrogen) atoms. The summed E-state index contributed by atoms with van der Waals surface area (Å²) >= 11 is 0. The third-order valence-corrected chi connectivity index (χ3v) is 2.54. The van der Waals surface area contributed by atoms with Gasteiger partial charge in [-0.25, -0.2) is 8.42 Å². The minimum absolute atomic E-state index is 0. The Morgan fingerprint density at radius 3 is 2.31 bits per heavy atom. The molecule has 0 fully saturated rings. The first-order valence-electron chi connectivity index (χ1n) is 3.42. The van der Waals surface area contributed by atoms with Gasteiger partial charge >= 0.3 is 35.5 Å². The molecule has 0 amide bonds. The Hall–Kier alpha value is 0.380. The molecule has 0 aromatic rings. The van der Waals surface area contributed by atoms with Crippen LogP contribution in [0.2, 0.25) is 0 Å². The van der Waals surface area contributed by atoms with Gasteiger partial charge in [0.2, 0.25) is 0 Å². The van der Waals surface area contributed by atoms with Crippen molar-refractivity contribution in [1.82, 2.24) is 0 Å². The normalized spacial score (nSPS) is 12.8. The summed E-state index contributed by atoms with van der Waals surface area (Å²) in [5.74, 6) is -0.481. The Kier molecular flexibility index (Phi) is 8.26. The Balaban J connectivity index is 0. The molecule has 5 nitrogen and oxygen atoms in total. The summed E-state index contributed by atoms with van der Waals surface area (Å²) in [6, 6.07) is 0. The van der Waals surface area contributed by atoms with Gasteiger partial charge in [-0.05, 0) is 13.3 Å². The van der Waals surface area contributed by atoms with E-state index < -0.39 is 21.3 Å². The number of esters is 1. The van der Waals surface area contributed by atoms with E-state index in [9.17, 15) is 17.8 Å². The van der Waals surface area contributed by atoms with E-state index in [0.717, 1.165) is 0 Å². The first-order valence-corrected chi connectivity index (χ1v) is 4.89. The summed E-state index contributed by atoms with van der Waals surface area (Å²) in [4.78, 5) is 10.2. The van der Waals surface area contributed by atoms with Gasteiger partial charge in [0, 0.05) is 12.2 Å². The second-order valence-corrected chi connectivity index (χ2v) is 4.22. The average molecular weight is 218 g/mol. The number of carbonyl (C=O) groups is 1. The van der Waals surface area contributed by atoms with Gasteiger partial charge < -0.3 is 9.29 Å². The minimum atomic E-state index is -4.24. The van der Waals surface area contributed by atoms with Crippen molar-refractivity contribution in [3.05, 3.63) is 0 Å². The van der Waals surface area contributed by atoms with E-state index in [1.807, 2.05) is 0 Å². The van der Waals surface area contributed by atoms with E-state index >= 15 is 0 Å².